The van der Waals surface area contributed by atoms with Gasteiger partial charge in [-0.25, -0.2) is 9.18 Å². The third-order valence-corrected chi connectivity index (χ3v) is 6.55. The first-order valence-electron chi connectivity index (χ1n) is 9.62. The van der Waals surface area contributed by atoms with E-state index in [9.17, 15) is 14.3 Å². The van der Waals surface area contributed by atoms with Gasteiger partial charge in [-0.2, -0.15) is 0 Å². The number of carboxylic acid groups (broad SMARTS) is 1. The van der Waals surface area contributed by atoms with Gasteiger partial charge < -0.3 is 9.84 Å². The summed E-state index contributed by atoms with van der Waals surface area (Å²) in [4.78, 5) is 12.3. The summed E-state index contributed by atoms with van der Waals surface area (Å²) in [6.07, 6.45) is 0. The molecule has 162 valence electrons. The van der Waals surface area contributed by atoms with Crippen molar-refractivity contribution in [1.82, 2.24) is 0 Å². The second-order valence-corrected chi connectivity index (χ2v) is 8.92. The Balaban J connectivity index is 1.72. The van der Waals surface area contributed by atoms with Crippen LogP contribution in [-0.2, 0) is 6.61 Å². The van der Waals surface area contributed by atoms with Crippen LogP contribution in [0.2, 0.25) is 10.0 Å². The molecule has 0 aliphatic carbocycles. The molecule has 1 aromatic heterocycles. The number of ether oxygens (including phenoxy) is 1. The van der Waals surface area contributed by atoms with Crippen molar-refractivity contribution in [3.8, 4) is 27.3 Å². The maximum atomic E-state index is 13.3. The van der Waals surface area contributed by atoms with Crippen molar-refractivity contribution in [2.24, 2.45) is 0 Å². The normalized spacial score (nSPS) is 10.9. The predicted molar refractivity (Wildman–Crippen MR) is 128 cm³/mol. The minimum atomic E-state index is -0.962. The summed E-state index contributed by atoms with van der Waals surface area (Å²) in [5.41, 5.74) is 4.42. The van der Waals surface area contributed by atoms with Crippen LogP contribution >= 0.6 is 34.5 Å². The standard InChI is InChI=1S/C25H17Cl2FO3S/c1-14-10-15(25(29)30)3-6-19(14)24-20(8-9-32-24)21-11-17(26)4-7-23(21)31-13-16-2-5-18(28)12-22(16)27/h2-12H,13H2,1H3,(H,29,30). The number of hydrogen-bond acceptors (Lipinski definition) is 3. The van der Waals surface area contributed by atoms with E-state index in [4.69, 9.17) is 27.9 Å². The second-order valence-electron chi connectivity index (χ2n) is 7.16. The van der Waals surface area contributed by atoms with Crippen molar-refractivity contribution in [3.63, 3.8) is 0 Å². The molecule has 1 N–H and O–H groups in total. The quantitative estimate of drug-likeness (QED) is 0.299. The average molecular weight is 487 g/mol. The molecule has 0 spiro atoms. The van der Waals surface area contributed by atoms with E-state index in [0.29, 0.717) is 21.4 Å². The van der Waals surface area contributed by atoms with E-state index in [1.165, 1.54) is 12.1 Å². The van der Waals surface area contributed by atoms with Crippen LogP contribution in [-0.4, -0.2) is 11.1 Å². The summed E-state index contributed by atoms with van der Waals surface area (Å²) in [5.74, 6) is -0.761. The number of hydrogen-bond donors (Lipinski definition) is 1. The lowest BCUT2D eigenvalue weighted by atomic mass is 9.98. The molecule has 0 radical (unpaired) electrons. The van der Waals surface area contributed by atoms with Crippen molar-refractivity contribution >= 4 is 40.5 Å². The number of aromatic carboxylic acids is 1. The molecule has 0 saturated heterocycles. The van der Waals surface area contributed by atoms with Crippen LogP contribution in [0.3, 0.4) is 0 Å². The van der Waals surface area contributed by atoms with Gasteiger partial charge in [0.15, 0.2) is 0 Å². The Morgan fingerprint density at radius 2 is 1.81 bits per heavy atom. The zero-order valence-corrected chi connectivity index (χ0v) is 19.2. The summed E-state index contributed by atoms with van der Waals surface area (Å²) in [6.45, 7) is 2.05. The zero-order valence-electron chi connectivity index (χ0n) is 16.9. The van der Waals surface area contributed by atoms with E-state index in [0.717, 1.165) is 27.1 Å². The second kappa shape index (κ2) is 9.33. The Bertz CT molecular complexity index is 1320. The Labute approximate surface area is 198 Å². The van der Waals surface area contributed by atoms with Crippen LogP contribution in [0.15, 0.2) is 66.0 Å². The van der Waals surface area contributed by atoms with Gasteiger partial charge in [0.1, 0.15) is 18.2 Å². The fourth-order valence-corrected chi connectivity index (χ4v) is 4.81. The number of halogens is 3. The van der Waals surface area contributed by atoms with Crippen LogP contribution in [0.1, 0.15) is 21.5 Å². The predicted octanol–water partition coefficient (Wildman–Crippen LogP) is 8.11. The summed E-state index contributed by atoms with van der Waals surface area (Å²) < 4.78 is 19.4. The Morgan fingerprint density at radius 3 is 2.53 bits per heavy atom. The first-order valence-corrected chi connectivity index (χ1v) is 11.3. The van der Waals surface area contributed by atoms with Crippen LogP contribution in [0.4, 0.5) is 4.39 Å². The van der Waals surface area contributed by atoms with Gasteiger partial charge in [-0.3, -0.25) is 0 Å². The Hall–Kier alpha value is -2.86. The molecule has 4 aromatic rings. The highest BCUT2D eigenvalue weighted by Gasteiger charge is 2.17. The van der Waals surface area contributed by atoms with Gasteiger partial charge in [0.2, 0.25) is 0 Å². The third kappa shape index (κ3) is 4.65. The molecular weight excluding hydrogens is 470 g/mol. The number of benzene rings is 3. The van der Waals surface area contributed by atoms with Crippen molar-refractivity contribution in [1.29, 1.82) is 0 Å². The van der Waals surface area contributed by atoms with E-state index in [1.54, 1.807) is 41.7 Å². The molecule has 0 bridgehead atoms. The molecule has 0 saturated carbocycles. The molecule has 0 unspecified atom stereocenters. The molecule has 1 heterocycles. The fourth-order valence-electron chi connectivity index (χ4n) is 3.41. The average Bonchev–Trinajstić information content (AvgIpc) is 3.23. The van der Waals surface area contributed by atoms with Crippen molar-refractivity contribution in [2.75, 3.05) is 0 Å². The number of carbonyl (C=O) groups is 1. The molecule has 3 aromatic carbocycles. The molecule has 0 fully saturated rings. The van der Waals surface area contributed by atoms with Crippen LogP contribution < -0.4 is 4.74 Å². The molecule has 0 atom stereocenters. The highest BCUT2D eigenvalue weighted by Crippen LogP contribution is 2.43. The smallest absolute Gasteiger partial charge is 0.335 e. The highest BCUT2D eigenvalue weighted by atomic mass is 35.5. The van der Waals surface area contributed by atoms with Crippen LogP contribution in [0.25, 0.3) is 21.6 Å². The van der Waals surface area contributed by atoms with Gasteiger partial charge >= 0.3 is 5.97 Å². The molecular formula is C25H17Cl2FO3S. The number of rotatable bonds is 6. The molecule has 32 heavy (non-hydrogen) atoms. The lowest BCUT2D eigenvalue weighted by Gasteiger charge is -2.15. The summed E-state index contributed by atoms with van der Waals surface area (Å²) in [5, 5.41) is 12.1. The molecule has 7 heteroatoms. The number of carboxylic acids is 1. The maximum absolute atomic E-state index is 13.3. The Morgan fingerprint density at radius 1 is 1.00 bits per heavy atom. The van der Waals surface area contributed by atoms with Gasteiger partial charge in [-0.15, -0.1) is 11.3 Å². The fraction of sp³-hybridized carbons (Fsp3) is 0.0800. The summed E-state index contributed by atoms with van der Waals surface area (Å²) in [6, 6.07) is 16.6. The zero-order chi connectivity index (χ0) is 22.8. The van der Waals surface area contributed by atoms with Crippen LogP contribution in [0, 0.1) is 12.7 Å². The van der Waals surface area contributed by atoms with E-state index < -0.39 is 11.8 Å². The van der Waals surface area contributed by atoms with Gasteiger partial charge in [0.05, 0.1) is 10.6 Å². The minimum absolute atomic E-state index is 0.166. The Kier molecular flexibility index (Phi) is 6.51. The first kappa shape index (κ1) is 22.3. The molecule has 0 aliphatic rings. The maximum Gasteiger partial charge on any atom is 0.335 e. The molecule has 4 rings (SSSR count). The van der Waals surface area contributed by atoms with Gasteiger partial charge in [-0.05, 0) is 72.0 Å². The molecule has 0 aliphatic heterocycles. The topological polar surface area (TPSA) is 46.5 Å². The van der Waals surface area contributed by atoms with E-state index in [1.807, 2.05) is 30.5 Å². The lowest BCUT2D eigenvalue weighted by Crippen LogP contribution is -1.99. The van der Waals surface area contributed by atoms with Gasteiger partial charge in [0.25, 0.3) is 0 Å². The van der Waals surface area contributed by atoms with E-state index in [2.05, 4.69) is 0 Å². The van der Waals surface area contributed by atoms with E-state index in [-0.39, 0.29) is 12.2 Å². The van der Waals surface area contributed by atoms with Gasteiger partial charge in [-0.1, -0.05) is 35.3 Å². The molecule has 0 amide bonds. The largest absolute Gasteiger partial charge is 0.488 e. The summed E-state index contributed by atoms with van der Waals surface area (Å²) >= 11 is 14.0. The number of aryl methyl sites for hydroxylation is 1. The number of thiophene rings is 1. The van der Waals surface area contributed by atoms with Crippen molar-refractivity contribution < 1.29 is 19.0 Å². The first-order chi connectivity index (χ1) is 15.3. The SMILES string of the molecule is Cc1cc(C(=O)O)ccc1-c1sccc1-c1cc(Cl)ccc1OCc1ccc(F)cc1Cl. The van der Waals surface area contributed by atoms with Gasteiger partial charge in [0, 0.05) is 26.6 Å². The van der Waals surface area contributed by atoms with Crippen LogP contribution in [0.5, 0.6) is 5.75 Å². The highest BCUT2D eigenvalue weighted by molar-refractivity contribution is 7.14. The monoisotopic (exact) mass is 486 g/mol. The summed E-state index contributed by atoms with van der Waals surface area (Å²) in [7, 11) is 0. The lowest BCUT2D eigenvalue weighted by molar-refractivity contribution is 0.0697. The molecule has 3 nitrogen and oxygen atoms in total. The van der Waals surface area contributed by atoms with E-state index >= 15 is 0 Å². The van der Waals surface area contributed by atoms with Crippen molar-refractivity contribution in [3.05, 3.63) is 98.6 Å². The minimum Gasteiger partial charge on any atom is -0.488 e. The van der Waals surface area contributed by atoms with Crippen molar-refractivity contribution in [2.45, 2.75) is 13.5 Å². The third-order valence-electron chi connectivity index (χ3n) is 5.01.